The van der Waals surface area contributed by atoms with Crippen LogP contribution in [0.25, 0.3) is 0 Å². The number of benzene rings is 2. The normalized spacial score (nSPS) is 24.6. The van der Waals surface area contributed by atoms with Crippen molar-refractivity contribution in [2.24, 2.45) is 5.92 Å². The molecule has 0 radical (unpaired) electrons. The Labute approximate surface area is 137 Å². The number of hydrogen-bond acceptors (Lipinski definition) is 1. The van der Waals surface area contributed by atoms with Crippen molar-refractivity contribution < 1.29 is 0 Å². The predicted octanol–water partition coefficient (Wildman–Crippen LogP) is 4.89. The third kappa shape index (κ3) is 2.80. The molecule has 0 spiro atoms. The highest BCUT2D eigenvalue weighted by atomic mass is 35.5. The number of likely N-dealkylation sites (tertiary alicyclic amines) is 1. The molecule has 114 valence electrons. The summed E-state index contributed by atoms with van der Waals surface area (Å²) in [4.78, 5) is 2.62. The third-order valence-electron chi connectivity index (χ3n) is 5.38. The summed E-state index contributed by atoms with van der Waals surface area (Å²) in [5.41, 5.74) is 4.60. The van der Waals surface area contributed by atoms with Crippen LogP contribution < -0.4 is 0 Å². The molecule has 2 atom stereocenters. The van der Waals surface area contributed by atoms with Crippen LogP contribution in [0.3, 0.4) is 0 Å². The van der Waals surface area contributed by atoms with Gasteiger partial charge in [-0.25, -0.2) is 0 Å². The minimum absolute atomic E-state index is 0.784. The van der Waals surface area contributed by atoms with E-state index >= 15 is 0 Å². The van der Waals surface area contributed by atoms with E-state index < -0.39 is 0 Å². The standard InChI is InChI=1S/C20H22ClN/c21-18-9-5-15(6-10-18)13-22-12-11-20-17(14-22)8-7-16-3-1-2-4-19(16)20/h1-6,9-10,17,20H,7-8,11-14H2/t17-,20-/m1/s1. The first-order valence-corrected chi connectivity index (χ1v) is 8.72. The Kier molecular flexibility index (Phi) is 3.94. The second kappa shape index (κ2) is 6.06. The van der Waals surface area contributed by atoms with Crippen LogP contribution in [0.5, 0.6) is 0 Å². The molecule has 0 unspecified atom stereocenters. The SMILES string of the molecule is Clc1ccc(CN2CC[C@H]3c4ccccc4CC[C@@H]3C2)cc1. The molecule has 1 aliphatic heterocycles. The lowest BCUT2D eigenvalue weighted by Gasteiger charge is -2.42. The van der Waals surface area contributed by atoms with Crippen molar-refractivity contribution in [3.05, 3.63) is 70.2 Å². The van der Waals surface area contributed by atoms with Gasteiger partial charge in [-0.3, -0.25) is 4.90 Å². The highest BCUT2D eigenvalue weighted by Gasteiger charge is 2.33. The Morgan fingerprint density at radius 3 is 2.68 bits per heavy atom. The summed E-state index contributed by atoms with van der Waals surface area (Å²) in [7, 11) is 0. The minimum Gasteiger partial charge on any atom is -0.299 e. The van der Waals surface area contributed by atoms with Gasteiger partial charge in [-0.2, -0.15) is 0 Å². The van der Waals surface area contributed by atoms with E-state index in [1.807, 2.05) is 12.1 Å². The van der Waals surface area contributed by atoms with Gasteiger partial charge < -0.3 is 0 Å². The van der Waals surface area contributed by atoms with Gasteiger partial charge in [0, 0.05) is 18.1 Å². The van der Waals surface area contributed by atoms with Gasteiger partial charge >= 0.3 is 0 Å². The van der Waals surface area contributed by atoms with E-state index in [1.54, 1.807) is 11.1 Å². The van der Waals surface area contributed by atoms with E-state index in [2.05, 4.69) is 41.3 Å². The van der Waals surface area contributed by atoms with Gasteiger partial charge in [0.2, 0.25) is 0 Å². The molecule has 22 heavy (non-hydrogen) atoms. The summed E-state index contributed by atoms with van der Waals surface area (Å²) < 4.78 is 0. The number of hydrogen-bond donors (Lipinski definition) is 0. The monoisotopic (exact) mass is 311 g/mol. The van der Waals surface area contributed by atoms with Gasteiger partial charge in [-0.05, 0) is 66.5 Å². The molecule has 0 saturated carbocycles. The van der Waals surface area contributed by atoms with Crippen LogP contribution in [0.1, 0.15) is 35.4 Å². The molecule has 4 rings (SSSR count). The fourth-order valence-corrected chi connectivity index (χ4v) is 4.39. The molecule has 1 heterocycles. The number of nitrogens with zero attached hydrogens (tertiary/aromatic N) is 1. The van der Waals surface area contributed by atoms with Crippen molar-refractivity contribution in [1.82, 2.24) is 4.90 Å². The third-order valence-corrected chi connectivity index (χ3v) is 5.63. The fraction of sp³-hybridized carbons (Fsp3) is 0.400. The van der Waals surface area contributed by atoms with Gasteiger partial charge in [0.25, 0.3) is 0 Å². The van der Waals surface area contributed by atoms with E-state index in [1.165, 1.54) is 37.9 Å². The zero-order valence-electron chi connectivity index (χ0n) is 12.8. The highest BCUT2D eigenvalue weighted by molar-refractivity contribution is 6.30. The van der Waals surface area contributed by atoms with Crippen LogP contribution in [0, 0.1) is 5.92 Å². The first-order chi connectivity index (χ1) is 10.8. The Balaban J connectivity index is 1.46. The molecular formula is C20H22ClN. The molecule has 1 nitrogen and oxygen atoms in total. The van der Waals surface area contributed by atoms with Crippen LogP contribution in [0.4, 0.5) is 0 Å². The number of aryl methyl sites for hydroxylation is 1. The molecule has 0 amide bonds. The van der Waals surface area contributed by atoms with Gasteiger partial charge in [-0.1, -0.05) is 48.0 Å². The van der Waals surface area contributed by atoms with E-state index in [-0.39, 0.29) is 0 Å². The maximum Gasteiger partial charge on any atom is 0.0406 e. The lowest BCUT2D eigenvalue weighted by molar-refractivity contribution is 0.135. The van der Waals surface area contributed by atoms with Crippen LogP contribution >= 0.6 is 11.6 Å². The van der Waals surface area contributed by atoms with Crippen molar-refractivity contribution in [3.8, 4) is 0 Å². The van der Waals surface area contributed by atoms with E-state index in [0.29, 0.717) is 0 Å². The van der Waals surface area contributed by atoms with Gasteiger partial charge in [0.15, 0.2) is 0 Å². The average Bonchev–Trinajstić information content (AvgIpc) is 2.57. The Morgan fingerprint density at radius 1 is 1.00 bits per heavy atom. The second-order valence-corrected chi connectivity index (χ2v) is 7.19. The predicted molar refractivity (Wildman–Crippen MR) is 92.3 cm³/mol. The minimum atomic E-state index is 0.784. The van der Waals surface area contributed by atoms with E-state index in [0.717, 1.165) is 23.4 Å². The summed E-state index contributed by atoms with van der Waals surface area (Å²) in [6, 6.07) is 17.4. The summed E-state index contributed by atoms with van der Waals surface area (Å²) in [5.74, 6) is 1.61. The summed E-state index contributed by atoms with van der Waals surface area (Å²) in [5, 5.41) is 0.825. The topological polar surface area (TPSA) is 3.24 Å². The number of rotatable bonds is 2. The summed E-state index contributed by atoms with van der Waals surface area (Å²) in [6.45, 7) is 3.50. The summed E-state index contributed by atoms with van der Waals surface area (Å²) >= 11 is 5.98. The molecule has 0 bridgehead atoms. The Bertz CT molecular complexity index is 649. The first kappa shape index (κ1) is 14.3. The van der Waals surface area contributed by atoms with Crippen LogP contribution in [0.2, 0.25) is 5.02 Å². The van der Waals surface area contributed by atoms with E-state index in [4.69, 9.17) is 11.6 Å². The molecule has 1 aliphatic carbocycles. The zero-order valence-corrected chi connectivity index (χ0v) is 13.6. The number of fused-ring (bicyclic) bond motifs is 3. The lowest BCUT2D eigenvalue weighted by atomic mass is 9.71. The number of halogens is 1. The first-order valence-electron chi connectivity index (χ1n) is 8.34. The van der Waals surface area contributed by atoms with Crippen molar-refractivity contribution in [1.29, 1.82) is 0 Å². The molecule has 0 aromatic heterocycles. The number of piperidine rings is 1. The molecule has 2 aromatic carbocycles. The maximum atomic E-state index is 5.98. The quantitative estimate of drug-likeness (QED) is 0.763. The maximum absolute atomic E-state index is 5.98. The Hall–Kier alpha value is -1.31. The van der Waals surface area contributed by atoms with Crippen molar-refractivity contribution >= 4 is 11.6 Å². The fourth-order valence-electron chi connectivity index (χ4n) is 4.27. The lowest BCUT2D eigenvalue weighted by Crippen LogP contribution is -2.40. The van der Waals surface area contributed by atoms with Crippen LogP contribution in [-0.4, -0.2) is 18.0 Å². The Morgan fingerprint density at radius 2 is 1.82 bits per heavy atom. The van der Waals surface area contributed by atoms with Crippen LogP contribution in [0.15, 0.2) is 48.5 Å². The molecule has 2 heteroatoms. The van der Waals surface area contributed by atoms with Crippen molar-refractivity contribution in [3.63, 3.8) is 0 Å². The highest BCUT2D eigenvalue weighted by Crippen LogP contribution is 2.41. The molecule has 2 aliphatic rings. The molecule has 2 aromatic rings. The van der Waals surface area contributed by atoms with E-state index in [9.17, 15) is 0 Å². The zero-order chi connectivity index (χ0) is 14.9. The smallest absolute Gasteiger partial charge is 0.0406 e. The van der Waals surface area contributed by atoms with Gasteiger partial charge in [-0.15, -0.1) is 0 Å². The van der Waals surface area contributed by atoms with Crippen molar-refractivity contribution in [2.45, 2.75) is 31.7 Å². The average molecular weight is 312 g/mol. The molecule has 1 saturated heterocycles. The second-order valence-electron chi connectivity index (χ2n) is 6.75. The summed E-state index contributed by atoms with van der Waals surface area (Å²) in [6.07, 6.45) is 3.90. The van der Waals surface area contributed by atoms with Gasteiger partial charge in [0.05, 0.1) is 0 Å². The van der Waals surface area contributed by atoms with Crippen LogP contribution in [-0.2, 0) is 13.0 Å². The van der Waals surface area contributed by atoms with Gasteiger partial charge in [0.1, 0.15) is 0 Å². The molecular weight excluding hydrogens is 290 g/mol. The molecule has 0 N–H and O–H groups in total. The van der Waals surface area contributed by atoms with Crippen molar-refractivity contribution in [2.75, 3.05) is 13.1 Å². The largest absolute Gasteiger partial charge is 0.299 e. The molecule has 1 fully saturated rings.